The Morgan fingerprint density at radius 3 is 2.54 bits per heavy atom. The molecule has 0 fully saturated rings. The van der Waals surface area contributed by atoms with Gasteiger partial charge >= 0.3 is 11.9 Å². The first-order valence-electron chi connectivity index (χ1n) is 8.53. The Morgan fingerprint density at radius 2 is 1.86 bits per heavy atom. The summed E-state index contributed by atoms with van der Waals surface area (Å²) in [5, 5.41) is 3.12. The number of aryl methyl sites for hydroxylation is 1. The first-order valence-corrected chi connectivity index (χ1v) is 10.4. The molecule has 0 radical (unpaired) electrons. The minimum atomic E-state index is -0.422. The molecule has 1 aromatic heterocycles. The van der Waals surface area contributed by atoms with Gasteiger partial charge in [0.15, 0.2) is 0 Å². The summed E-state index contributed by atoms with van der Waals surface area (Å²) in [6.45, 7) is 2.08. The molecule has 3 aromatic rings. The number of thioether (sulfide) groups is 1. The van der Waals surface area contributed by atoms with Crippen molar-refractivity contribution in [1.29, 1.82) is 0 Å². The summed E-state index contributed by atoms with van der Waals surface area (Å²) in [5.74, 6) is -0.0331. The fraction of sp³-hybridized carbons (Fsp3) is 0.190. The Morgan fingerprint density at radius 1 is 1.07 bits per heavy atom. The molecule has 0 saturated carbocycles. The van der Waals surface area contributed by atoms with Crippen molar-refractivity contribution in [2.75, 3.05) is 7.11 Å². The van der Waals surface area contributed by atoms with Gasteiger partial charge in [-0.1, -0.05) is 12.1 Å². The second-order valence-electron chi connectivity index (χ2n) is 5.94. The van der Waals surface area contributed by atoms with Gasteiger partial charge in [0.05, 0.1) is 28.9 Å². The lowest BCUT2D eigenvalue weighted by atomic mass is 10.1. The molecule has 0 amide bonds. The topological polar surface area (TPSA) is 65.5 Å². The van der Waals surface area contributed by atoms with Gasteiger partial charge in [0.2, 0.25) is 0 Å². The third-order valence-corrected chi connectivity index (χ3v) is 5.73. The summed E-state index contributed by atoms with van der Waals surface area (Å²) in [7, 11) is 1.33. The first-order chi connectivity index (χ1) is 13.5. The summed E-state index contributed by atoms with van der Waals surface area (Å²) in [4.78, 5) is 29.3. The Balaban J connectivity index is 1.54. The van der Waals surface area contributed by atoms with E-state index in [1.165, 1.54) is 7.11 Å². The maximum atomic E-state index is 12.3. The number of carbonyl (C=O) groups excluding carboxylic acids is 2. The van der Waals surface area contributed by atoms with Crippen molar-refractivity contribution in [2.24, 2.45) is 0 Å². The Hall–Kier alpha value is -2.64. The van der Waals surface area contributed by atoms with E-state index in [9.17, 15) is 9.59 Å². The van der Waals surface area contributed by atoms with E-state index in [1.807, 2.05) is 19.1 Å². The molecule has 0 unspecified atom stereocenters. The van der Waals surface area contributed by atoms with Gasteiger partial charge in [-0.3, -0.25) is 0 Å². The van der Waals surface area contributed by atoms with Crippen LogP contribution in [0.1, 0.15) is 37.0 Å². The number of esters is 2. The first kappa shape index (κ1) is 20.1. The summed E-state index contributed by atoms with van der Waals surface area (Å²) in [6, 6.07) is 14.1. The Kier molecular flexibility index (Phi) is 6.84. The van der Waals surface area contributed by atoms with Gasteiger partial charge in [-0.2, -0.15) is 0 Å². The van der Waals surface area contributed by atoms with Crippen LogP contribution in [0.3, 0.4) is 0 Å². The molecule has 5 nitrogen and oxygen atoms in total. The zero-order chi connectivity index (χ0) is 19.9. The monoisotopic (exact) mass is 413 g/mol. The normalized spacial score (nSPS) is 10.5. The Labute approximate surface area is 171 Å². The molecule has 0 aliphatic carbocycles. The van der Waals surface area contributed by atoms with Crippen LogP contribution < -0.4 is 0 Å². The number of thiazole rings is 1. The van der Waals surface area contributed by atoms with Crippen molar-refractivity contribution >= 4 is 35.0 Å². The molecule has 144 valence electrons. The molecule has 0 aliphatic rings. The van der Waals surface area contributed by atoms with Gasteiger partial charge in [0.1, 0.15) is 6.61 Å². The molecule has 1 heterocycles. The molecule has 0 spiro atoms. The summed E-state index contributed by atoms with van der Waals surface area (Å²) in [5.41, 5.74) is 2.69. The van der Waals surface area contributed by atoms with Crippen molar-refractivity contribution in [3.05, 3.63) is 81.3 Å². The van der Waals surface area contributed by atoms with E-state index in [-0.39, 0.29) is 6.61 Å². The molecule has 2 aromatic carbocycles. The molecule has 7 heteroatoms. The molecule has 0 N–H and O–H groups in total. The zero-order valence-corrected chi connectivity index (χ0v) is 17.1. The fourth-order valence-corrected chi connectivity index (χ4v) is 3.97. The SMILES string of the molecule is COC(=O)c1cccc(COC(=O)c2ccc(SCc3csc(C)n3)cc2)c1. The number of rotatable bonds is 7. The van der Waals surface area contributed by atoms with E-state index in [0.29, 0.717) is 11.1 Å². The highest BCUT2D eigenvalue weighted by Gasteiger charge is 2.10. The number of carbonyl (C=O) groups is 2. The van der Waals surface area contributed by atoms with Crippen molar-refractivity contribution in [2.45, 2.75) is 24.2 Å². The predicted octanol–water partition coefficient (Wildman–Crippen LogP) is 4.89. The fourth-order valence-electron chi connectivity index (χ4n) is 2.46. The van der Waals surface area contributed by atoms with E-state index in [2.05, 4.69) is 10.4 Å². The van der Waals surface area contributed by atoms with E-state index in [1.54, 1.807) is 59.5 Å². The van der Waals surface area contributed by atoms with Gasteiger partial charge in [-0.15, -0.1) is 23.1 Å². The van der Waals surface area contributed by atoms with Gasteiger partial charge in [-0.05, 0) is 48.9 Å². The Bertz CT molecular complexity index is 967. The minimum Gasteiger partial charge on any atom is -0.465 e. The average molecular weight is 414 g/mol. The van der Waals surface area contributed by atoms with Crippen LogP contribution in [0.15, 0.2) is 58.8 Å². The summed E-state index contributed by atoms with van der Waals surface area (Å²) >= 11 is 3.31. The molecule has 0 bridgehead atoms. The number of aromatic nitrogens is 1. The largest absolute Gasteiger partial charge is 0.465 e. The lowest BCUT2D eigenvalue weighted by Crippen LogP contribution is -2.06. The minimum absolute atomic E-state index is 0.0867. The van der Waals surface area contributed by atoms with E-state index in [0.717, 1.165) is 26.9 Å². The van der Waals surface area contributed by atoms with Gasteiger partial charge < -0.3 is 9.47 Å². The van der Waals surface area contributed by atoms with Gasteiger partial charge in [-0.25, -0.2) is 14.6 Å². The lowest BCUT2D eigenvalue weighted by Gasteiger charge is -2.07. The third-order valence-electron chi connectivity index (χ3n) is 3.86. The highest BCUT2D eigenvalue weighted by molar-refractivity contribution is 7.98. The number of hydrogen-bond donors (Lipinski definition) is 0. The van der Waals surface area contributed by atoms with Gasteiger partial charge in [0.25, 0.3) is 0 Å². The molecule has 0 atom stereocenters. The van der Waals surface area contributed by atoms with Gasteiger partial charge in [0, 0.05) is 16.0 Å². The summed E-state index contributed by atoms with van der Waals surface area (Å²) in [6.07, 6.45) is 0. The highest BCUT2D eigenvalue weighted by Crippen LogP contribution is 2.24. The van der Waals surface area contributed by atoms with Crippen LogP contribution >= 0.6 is 23.1 Å². The van der Waals surface area contributed by atoms with Crippen LogP contribution in [0, 0.1) is 6.92 Å². The van der Waals surface area contributed by atoms with Crippen LogP contribution in [0.25, 0.3) is 0 Å². The number of ether oxygens (including phenoxy) is 2. The van der Waals surface area contributed by atoms with E-state index >= 15 is 0 Å². The molecule has 0 aliphatic heterocycles. The molecular formula is C21H19NO4S2. The van der Waals surface area contributed by atoms with Crippen LogP contribution in [-0.2, 0) is 21.8 Å². The average Bonchev–Trinajstić information content (AvgIpc) is 3.15. The second kappa shape index (κ2) is 9.52. The maximum absolute atomic E-state index is 12.3. The molecule has 3 rings (SSSR count). The van der Waals surface area contributed by atoms with Crippen molar-refractivity contribution in [1.82, 2.24) is 4.98 Å². The van der Waals surface area contributed by atoms with E-state index in [4.69, 9.17) is 9.47 Å². The molecular weight excluding hydrogens is 394 g/mol. The number of benzene rings is 2. The zero-order valence-electron chi connectivity index (χ0n) is 15.5. The lowest BCUT2D eigenvalue weighted by molar-refractivity contribution is 0.0472. The van der Waals surface area contributed by atoms with Crippen LogP contribution in [0.4, 0.5) is 0 Å². The maximum Gasteiger partial charge on any atom is 0.338 e. The van der Waals surface area contributed by atoms with Crippen molar-refractivity contribution < 1.29 is 19.1 Å². The van der Waals surface area contributed by atoms with Crippen LogP contribution in [0.5, 0.6) is 0 Å². The standard InChI is InChI=1S/C21H19NO4S2/c1-14-22-18(12-27-14)13-28-19-8-6-16(7-9-19)21(24)26-11-15-4-3-5-17(10-15)20(23)25-2/h3-10,12H,11,13H2,1-2H3. The van der Waals surface area contributed by atoms with E-state index < -0.39 is 11.9 Å². The summed E-state index contributed by atoms with van der Waals surface area (Å²) < 4.78 is 10.0. The number of hydrogen-bond acceptors (Lipinski definition) is 7. The predicted molar refractivity (Wildman–Crippen MR) is 110 cm³/mol. The molecule has 28 heavy (non-hydrogen) atoms. The second-order valence-corrected chi connectivity index (χ2v) is 8.05. The smallest absolute Gasteiger partial charge is 0.338 e. The van der Waals surface area contributed by atoms with Crippen LogP contribution in [0.2, 0.25) is 0 Å². The third kappa shape index (κ3) is 5.43. The van der Waals surface area contributed by atoms with Crippen LogP contribution in [-0.4, -0.2) is 24.0 Å². The number of methoxy groups -OCH3 is 1. The quantitative estimate of drug-likeness (QED) is 0.406. The molecule has 0 saturated heterocycles. The van der Waals surface area contributed by atoms with Crippen molar-refractivity contribution in [3.8, 4) is 0 Å². The number of nitrogens with zero attached hydrogens (tertiary/aromatic N) is 1. The highest BCUT2D eigenvalue weighted by atomic mass is 32.2. The van der Waals surface area contributed by atoms with Crippen molar-refractivity contribution in [3.63, 3.8) is 0 Å².